The molecule has 2 aromatic rings. The Morgan fingerprint density at radius 2 is 2.18 bits per heavy atom. The van der Waals surface area contributed by atoms with E-state index in [0.717, 1.165) is 5.56 Å². The van der Waals surface area contributed by atoms with Gasteiger partial charge >= 0.3 is 6.09 Å². The van der Waals surface area contributed by atoms with Gasteiger partial charge in [0.25, 0.3) is 0 Å². The standard InChI is InChI=1S/C10H8ClN3O2S/c11-7-4-2-1-3-6(7)5-8-13-14-9(17-8)12-10(15)16/h1-4H,5H2,(H,12,14)(H,15,16). The van der Waals surface area contributed by atoms with Crippen LogP contribution in [0, 0.1) is 0 Å². The zero-order valence-corrected chi connectivity index (χ0v) is 10.1. The van der Waals surface area contributed by atoms with Gasteiger partial charge in [-0.15, -0.1) is 10.2 Å². The van der Waals surface area contributed by atoms with Crippen LogP contribution in [0.3, 0.4) is 0 Å². The Labute approximate surface area is 106 Å². The van der Waals surface area contributed by atoms with Gasteiger partial charge in [-0.05, 0) is 11.6 Å². The van der Waals surface area contributed by atoms with Crippen LogP contribution in [-0.2, 0) is 6.42 Å². The molecular formula is C10H8ClN3O2S. The topological polar surface area (TPSA) is 75.1 Å². The van der Waals surface area contributed by atoms with Gasteiger partial charge in [0.05, 0.1) is 0 Å². The first-order valence-corrected chi connectivity index (χ1v) is 5.90. The SMILES string of the molecule is O=C(O)Nc1nnc(Cc2ccccc2Cl)s1. The van der Waals surface area contributed by atoms with Gasteiger partial charge in [0.2, 0.25) is 5.13 Å². The predicted octanol–water partition coefficient (Wildman–Crippen LogP) is 2.87. The maximum atomic E-state index is 10.4. The van der Waals surface area contributed by atoms with Crippen LogP contribution in [0.2, 0.25) is 5.02 Å². The number of amides is 1. The van der Waals surface area contributed by atoms with Gasteiger partial charge in [-0.3, -0.25) is 5.32 Å². The van der Waals surface area contributed by atoms with E-state index in [1.165, 1.54) is 11.3 Å². The molecule has 1 heterocycles. The molecule has 1 amide bonds. The maximum absolute atomic E-state index is 10.4. The molecule has 88 valence electrons. The lowest BCUT2D eigenvalue weighted by molar-refractivity contribution is 0.209. The normalized spacial score (nSPS) is 10.2. The molecule has 0 fully saturated rings. The van der Waals surface area contributed by atoms with Crippen LogP contribution < -0.4 is 5.32 Å². The highest BCUT2D eigenvalue weighted by Crippen LogP contribution is 2.22. The molecule has 0 saturated heterocycles. The number of rotatable bonds is 3. The molecule has 1 aromatic carbocycles. The summed E-state index contributed by atoms with van der Waals surface area (Å²) in [5.74, 6) is 0. The van der Waals surface area contributed by atoms with E-state index >= 15 is 0 Å². The summed E-state index contributed by atoms with van der Waals surface area (Å²) in [6, 6.07) is 7.43. The summed E-state index contributed by atoms with van der Waals surface area (Å²) in [7, 11) is 0. The molecule has 0 radical (unpaired) electrons. The lowest BCUT2D eigenvalue weighted by Crippen LogP contribution is -2.06. The minimum absolute atomic E-state index is 0.263. The number of anilines is 1. The van der Waals surface area contributed by atoms with E-state index in [9.17, 15) is 4.79 Å². The summed E-state index contributed by atoms with van der Waals surface area (Å²) in [6.45, 7) is 0. The number of benzene rings is 1. The molecular weight excluding hydrogens is 262 g/mol. The second-order valence-corrected chi connectivity index (χ2v) is 4.67. The average Bonchev–Trinajstić information content (AvgIpc) is 2.68. The van der Waals surface area contributed by atoms with Crippen LogP contribution >= 0.6 is 22.9 Å². The van der Waals surface area contributed by atoms with Crippen molar-refractivity contribution in [3.05, 3.63) is 39.9 Å². The second-order valence-electron chi connectivity index (χ2n) is 3.20. The Morgan fingerprint density at radius 3 is 2.88 bits per heavy atom. The van der Waals surface area contributed by atoms with Crippen molar-refractivity contribution in [2.75, 3.05) is 5.32 Å². The molecule has 0 aliphatic heterocycles. The molecule has 5 nitrogen and oxygen atoms in total. The summed E-state index contributed by atoms with van der Waals surface area (Å²) in [4.78, 5) is 10.4. The zero-order chi connectivity index (χ0) is 12.3. The van der Waals surface area contributed by atoms with Crippen molar-refractivity contribution in [2.45, 2.75) is 6.42 Å². The third-order valence-electron chi connectivity index (χ3n) is 1.98. The summed E-state index contributed by atoms with van der Waals surface area (Å²) < 4.78 is 0. The highest BCUT2D eigenvalue weighted by atomic mass is 35.5. The van der Waals surface area contributed by atoms with E-state index < -0.39 is 6.09 Å². The van der Waals surface area contributed by atoms with E-state index in [1.54, 1.807) is 6.07 Å². The maximum Gasteiger partial charge on any atom is 0.411 e. The Bertz CT molecular complexity index is 544. The number of hydrogen-bond donors (Lipinski definition) is 2. The number of carboxylic acid groups (broad SMARTS) is 1. The van der Waals surface area contributed by atoms with Crippen LogP contribution in [0.4, 0.5) is 9.93 Å². The summed E-state index contributed by atoms with van der Waals surface area (Å²) >= 11 is 7.20. The highest BCUT2D eigenvalue weighted by Gasteiger charge is 2.08. The van der Waals surface area contributed by atoms with E-state index in [0.29, 0.717) is 16.5 Å². The minimum atomic E-state index is -1.15. The van der Waals surface area contributed by atoms with Gasteiger partial charge in [0, 0.05) is 11.4 Å². The van der Waals surface area contributed by atoms with Gasteiger partial charge < -0.3 is 5.11 Å². The van der Waals surface area contributed by atoms with Crippen molar-refractivity contribution >= 4 is 34.2 Å². The Kier molecular flexibility index (Phi) is 3.55. The Morgan fingerprint density at radius 1 is 1.41 bits per heavy atom. The molecule has 2 N–H and O–H groups in total. The molecule has 1 aromatic heterocycles. The number of hydrogen-bond acceptors (Lipinski definition) is 4. The monoisotopic (exact) mass is 269 g/mol. The minimum Gasteiger partial charge on any atom is -0.465 e. The van der Waals surface area contributed by atoms with Crippen molar-refractivity contribution in [2.24, 2.45) is 0 Å². The molecule has 0 atom stereocenters. The predicted molar refractivity (Wildman–Crippen MR) is 65.8 cm³/mol. The number of aromatic nitrogens is 2. The van der Waals surface area contributed by atoms with Crippen molar-refractivity contribution in [3.8, 4) is 0 Å². The Balaban J connectivity index is 2.12. The van der Waals surface area contributed by atoms with Crippen LogP contribution in [0.25, 0.3) is 0 Å². The van der Waals surface area contributed by atoms with Crippen LogP contribution in [0.5, 0.6) is 0 Å². The average molecular weight is 270 g/mol. The van der Waals surface area contributed by atoms with Gasteiger partial charge in [-0.25, -0.2) is 4.79 Å². The van der Waals surface area contributed by atoms with Crippen LogP contribution in [0.1, 0.15) is 10.6 Å². The first kappa shape index (κ1) is 11.8. The smallest absolute Gasteiger partial charge is 0.411 e. The molecule has 0 bridgehead atoms. The molecule has 17 heavy (non-hydrogen) atoms. The summed E-state index contributed by atoms with van der Waals surface area (Å²) in [6.07, 6.45) is -0.607. The molecule has 0 aliphatic rings. The molecule has 0 spiro atoms. The largest absolute Gasteiger partial charge is 0.465 e. The Hall–Kier alpha value is -1.66. The number of halogens is 1. The van der Waals surface area contributed by atoms with Crippen molar-refractivity contribution < 1.29 is 9.90 Å². The zero-order valence-electron chi connectivity index (χ0n) is 8.55. The van der Waals surface area contributed by atoms with Gasteiger partial charge in [0.1, 0.15) is 5.01 Å². The third kappa shape index (κ3) is 3.15. The van der Waals surface area contributed by atoms with Crippen LogP contribution in [0.15, 0.2) is 24.3 Å². The number of nitrogens with zero attached hydrogens (tertiary/aromatic N) is 2. The second kappa shape index (κ2) is 5.11. The van der Waals surface area contributed by atoms with Gasteiger partial charge in [-0.2, -0.15) is 0 Å². The van der Waals surface area contributed by atoms with E-state index in [4.69, 9.17) is 16.7 Å². The van der Waals surface area contributed by atoms with E-state index in [1.807, 2.05) is 18.2 Å². The highest BCUT2D eigenvalue weighted by molar-refractivity contribution is 7.15. The van der Waals surface area contributed by atoms with Gasteiger partial charge in [0.15, 0.2) is 0 Å². The molecule has 0 aliphatic carbocycles. The fourth-order valence-electron chi connectivity index (χ4n) is 1.27. The lowest BCUT2D eigenvalue weighted by Gasteiger charge is -1.99. The first-order valence-electron chi connectivity index (χ1n) is 4.71. The summed E-state index contributed by atoms with van der Waals surface area (Å²) in [5.41, 5.74) is 0.937. The summed E-state index contributed by atoms with van der Waals surface area (Å²) in [5, 5.41) is 19.9. The quantitative estimate of drug-likeness (QED) is 0.898. The fourth-order valence-corrected chi connectivity index (χ4v) is 2.23. The lowest BCUT2D eigenvalue weighted by atomic mass is 10.2. The fraction of sp³-hybridized carbons (Fsp3) is 0.100. The molecule has 0 unspecified atom stereocenters. The molecule has 7 heteroatoms. The van der Waals surface area contributed by atoms with Crippen molar-refractivity contribution in [1.82, 2.24) is 10.2 Å². The van der Waals surface area contributed by atoms with E-state index in [2.05, 4.69) is 15.5 Å². The molecule has 0 saturated carbocycles. The first-order chi connectivity index (χ1) is 8.15. The van der Waals surface area contributed by atoms with Crippen molar-refractivity contribution in [3.63, 3.8) is 0 Å². The van der Waals surface area contributed by atoms with Crippen LogP contribution in [-0.4, -0.2) is 21.4 Å². The number of carbonyl (C=O) groups is 1. The van der Waals surface area contributed by atoms with Gasteiger partial charge in [-0.1, -0.05) is 41.1 Å². The third-order valence-corrected chi connectivity index (χ3v) is 3.19. The van der Waals surface area contributed by atoms with Crippen molar-refractivity contribution in [1.29, 1.82) is 0 Å². The van der Waals surface area contributed by atoms with E-state index in [-0.39, 0.29) is 5.13 Å². The number of nitrogens with one attached hydrogen (secondary N) is 1. The molecule has 2 rings (SSSR count).